The summed E-state index contributed by atoms with van der Waals surface area (Å²) in [4.78, 5) is 0. The fraction of sp³-hybridized carbons (Fsp3) is 0.727. The number of hydrogen-bond donors (Lipinski definition) is 1. The van der Waals surface area contributed by atoms with Crippen LogP contribution in [0.15, 0.2) is 12.3 Å². The Morgan fingerprint density at radius 2 is 2.14 bits per heavy atom. The standard InChI is InChI=1S/C11H21N3/c1-9(2)8-14-11(6-7-13-14)5-4-10(3)12/h6-7,9-10H,4-5,8,12H2,1-3H3/t10-/m0/s1. The van der Waals surface area contributed by atoms with Crippen molar-refractivity contribution in [3.05, 3.63) is 18.0 Å². The summed E-state index contributed by atoms with van der Waals surface area (Å²) in [6.07, 6.45) is 3.94. The first-order chi connectivity index (χ1) is 6.59. The molecular formula is C11H21N3. The van der Waals surface area contributed by atoms with E-state index >= 15 is 0 Å². The smallest absolute Gasteiger partial charge is 0.0492 e. The van der Waals surface area contributed by atoms with Crippen molar-refractivity contribution in [2.24, 2.45) is 11.7 Å². The minimum atomic E-state index is 0.275. The molecule has 0 aliphatic carbocycles. The van der Waals surface area contributed by atoms with Crippen molar-refractivity contribution in [2.45, 2.75) is 46.2 Å². The Balaban J connectivity index is 2.53. The summed E-state index contributed by atoms with van der Waals surface area (Å²) in [5.74, 6) is 0.643. The SMILES string of the molecule is CC(C)Cn1nccc1CC[C@H](C)N. The van der Waals surface area contributed by atoms with E-state index in [0.717, 1.165) is 19.4 Å². The summed E-state index contributed by atoms with van der Waals surface area (Å²) < 4.78 is 2.09. The van der Waals surface area contributed by atoms with Crippen molar-refractivity contribution in [1.29, 1.82) is 0 Å². The fourth-order valence-corrected chi connectivity index (χ4v) is 1.46. The van der Waals surface area contributed by atoms with Gasteiger partial charge < -0.3 is 5.73 Å². The van der Waals surface area contributed by atoms with Gasteiger partial charge in [0, 0.05) is 24.5 Å². The molecule has 1 aromatic rings. The van der Waals surface area contributed by atoms with Crippen LogP contribution in [0.1, 0.15) is 32.9 Å². The second kappa shape index (κ2) is 5.15. The molecule has 0 saturated heterocycles. The van der Waals surface area contributed by atoms with Gasteiger partial charge in [-0.15, -0.1) is 0 Å². The highest BCUT2D eigenvalue weighted by Crippen LogP contribution is 2.07. The van der Waals surface area contributed by atoms with E-state index in [1.165, 1.54) is 5.69 Å². The zero-order valence-corrected chi connectivity index (χ0v) is 9.40. The molecule has 2 N–H and O–H groups in total. The van der Waals surface area contributed by atoms with E-state index in [2.05, 4.69) is 29.7 Å². The molecule has 0 amide bonds. The highest BCUT2D eigenvalue weighted by atomic mass is 15.3. The monoisotopic (exact) mass is 195 g/mol. The maximum atomic E-state index is 5.73. The van der Waals surface area contributed by atoms with E-state index in [-0.39, 0.29) is 6.04 Å². The summed E-state index contributed by atoms with van der Waals surface area (Å²) >= 11 is 0. The third-order valence-corrected chi connectivity index (χ3v) is 2.20. The van der Waals surface area contributed by atoms with Gasteiger partial charge in [-0.2, -0.15) is 5.10 Å². The molecule has 3 nitrogen and oxygen atoms in total. The molecule has 3 heteroatoms. The van der Waals surface area contributed by atoms with E-state index in [9.17, 15) is 0 Å². The molecule has 14 heavy (non-hydrogen) atoms. The average Bonchev–Trinajstić information content (AvgIpc) is 2.47. The molecule has 0 aliphatic rings. The summed E-state index contributed by atoms with van der Waals surface area (Å²) in [6, 6.07) is 2.36. The highest BCUT2D eigenvalue weighted by molar-refractivity contribution is 5.01. The number of nitrogens with zero attached hydrogens (tertiary/aromatic N) is 2. The third kappa shape index (κ3) is 3.50. The number of aryl methyl sites for hydroxylation is 1. The summed E-state index contributed by atoms with van der Waals surface area (Å²) in [5.41, 5.74) is 7.03. The van der Waals surface area contributed by atoms with Crippen molar-refractivity contribution in [1.82, 2.24) is 9.78 Å². The Morgan fingerprint density at radius 1 is 1.43 bits per heavy atom. The number of aromatic nitrogens is 2. The van der Waals surface area contributed by atoms with Gasteiger partial charge in [-0.1, -0.05) is 13.8 Å². The second-order valence-electron chi connectivity index (χ2n) is 4.41. The summed E-state index contributed by atoms with van der Waals surface area (Å²) in [7, 11) is 0. The van der Waals surface area contributed by atoms with E-state index in [4.69, 9.17) is 5.73 Å². The Kier molecular flexibility index (Phi) is 4.14. The lowest BCUT2D eigenvalue weighted by Crippen LogP contribution is -2.17. The predicted octanol–water partition coefficient (Wildman–Crippen LogP) is 1.82. The topological polar surface area (TPSA) is 43.8 Å². The van der Waals surface area contributed by atoms with Crippen LogP contribution < -0.4 is 5.73 Å². The van der Waals surface area contributed by atoms with Gasteiger partial charge in [0.15, 0.2) is 0 Å². The normalized spacial score (nSPS) is 13.5. The van der Waals surface area contributed by atoms with Gasteiger partial charge in [0.1, 0.15) is 0 Å². The summed E-state index contributed by atoms with van der Waals surface area (Å²) in [6.45, 7) is 7.46. The van der Waals surface area contributed by atoms with Crippen molar-refractivity contribution >= 4 is 0 Å². The van der Waals surface area contributed by atoms with Gasteiger partial charge in [-0.25, -0.2) is 0 Å². The minimum absolute atomic E-state index is 0.275. The van der Waals surface area contributed by atoms with Crippen LogP contribution in [0.5, 0.6) is 0 Å². The van der Waals surface area contributed by atoms with Crippen molar-refractivity contribution in [3.8, 4) is 0 Å². The molecule has 80 valence electrons. The van der Waals surface area contributed by atoms with Crippen molar-refractivity contribution in [2.75, 3.05) is 0 Å². The van der Waals surface area contributed by atoms with Crippen LogP contribution in [0, 0.1) is 5.92 Å². The molecule has 0 fully saturated rings. The molecule has 0 radical (unpaired) electrons. The lowest BCUT2D eigenvalue weighted by molar-refractivity contribution is 0.463. The van der Waals surface area contributed by atoms with Gasteiger partial charge in [0.25, 0.3) is 0 Å². The Hall–Kier alpha value is -0.830. The second-order valence-corrected chi connectivity index (χ2v) is 4.41. The molecule has 0 spiro atoms. The van der Waals surface area contributed by atoms with Gasteiger partial charge in [-0.05, 0) is 31.7 Å². The fourth-order valence-electron chi connectivity index (χ4n) is 1.46. The first-order valence-corrected chi connectivity index (χ1v) is 5.36. The van der Waals surface area contributed by atoms with Crippen LogP contribution in [-0.4, -0.2) is 15.8 Å². The average molecular weight is 195 g/mol. The maximum Gasteiger partial charge on any atom is 0.0492 e. The van der Waals surface area contributed by atoms with E-state index in [1.54, 1.807) is 0 Å². The molecular weight excluding hydrogens is 174 g/mol. The highest BCUT2D eigenvalue weighted by Gasteiger charge is 2.05. The predicted molar refractivity (Wildman–Crippen MR) is 59.0 cm³/mol. The van der Waals surface area contributed by atoms with Crippen LogP contribution in [0.25, 0.3) is 0 Å². The quantitative estimate of drug-likeness (QED) is 0.779. The van der Waals surface area contributed by atoms with Crippen LogP contribution in [0.4, 0.5) is 0 Å². The van der Waals surface area contributed by atoms with Gasteiger partial charge in [0.05, 0.1) is 0 Å². The van der Waals surface area contributed by atoms with Crippen molar-refractivity contribution in [3.63, 3.8) is 0 Å². The van der Waals surface area contributed by atoms with Gasteiger partial charge >= 0.3 is 0 Å². The molecule has 1 atom stereocenters. The van der Waals surface area contributed by atoms with E-state index in [0.29, 0.717) is 5.92 Å². The van der Waals surface area contributed by atoms with Crippen LogP contribution in [-0.2, 0) is 13.0 Å². The molecule has 1 rings (SSSR count). The lowest BCUT2D eigenvalue weighted by atomic mass is 10.1. The van der Waals surface area contributed by atoms with Crippen LogP contribution in [0.2, 0.25) is 0 Å². The number of nitrogens with two attached hydrogens (primary N) is 1. The summed E-state index contributed by atoms with van der Waals surface area (Å²) in [5, 5.41) is 4.31. The largest absolute Gasteiger partial charge is 0.328 e. The van der Waals surface area contributed by atoms with Crippen LogP contribution in [0.3, 0.4) is 0 Å². The molecule has 0 aromatic carbocycles. The number of hydrogen-bond acceptors (Lipinski definition) is 2. The molecule has 0 unspecified atom stereocenters. The lowest BCUT2D eigenvalue weighted by Gasteiger charge is -2.10. The zero-order valence-electron chi connectivity index (χ0n) is 9.40. The van der Waals surface area contributed by atoms with Gasteiger partial charge in [0.2, 0.25) is 0 Å². The number of rotatable bonds is 5. The Morgan fingerprint density at radius 3 is 2.71 bits per heavy atom. The minimum Gasteiger partial charge on any atom is -0.328 e. The van der Waals surface area contributed by atoms with Gasteiger partial charge in [-0.3, -0.25) is 4.68 Å². The Labute approximate surface area is 86.3 Å². The molecule has 1 heterocycles. The molecule has 0 saturated carbocycles. The Bertz CT molecular complexity index is 263. The molecule has 1 aromatic heterocycles. The first-order valence-electron chi connectivity index (χ1n) is 5.36. The van der Waals surface area contributed by atoms with E-state index in [1.807, 2.05) is 13.1 Å². The molecule has 0 bridgehead atoms. The maximum absolute atomic E-state index is 5.73. The first kappa shape index (κ1) is 11.2. The van der Waals surface area contributed by atoms with E-state index < -0.39 is 0 Å². The molecule has 0 aliphatic heterocycles. The zero-order chi connectivity index (χ0) is 10.6. The van der Waals surface area contributed by atoms with Crippen LogP contribution >= 0.6 is 0 Å². The van der Waals surface area contributed by atoms with Crippen molar-refractivity contribution < 1.29 is 0 Å². The third-order valence-electron chi connectivity index (χ3n) is 2.20.